The zero-order chi connectivity index (χ0) is 39.1. The molecule has 59 heavy (non-hydrogen) atoms. The summed E-state index contributed by atoms with van der Waals surface area (Å²) in [6.45, 7) is 0. The molecular weight excluding hydrogens is 711 g/mol. The molecule has 0 fully saturated rings. The Bertz CT molecular complexity index is 3110. The predicted molar refractivity (Wildman–Crippen MR) is 250 cm³/mol. The van der Waals surface area contributed by atoms with Gasteiger partial charge in [-0.25, -0.2) is 0 Å². The van der Waals surface area contributed by atoms with E-state index in [1.165, 1.54) is 88.7 Å². The number of anilines is 3. The third-order valence-electron chi connectivity index (χ3n) is 11.9. The molecule has 10 aromatic carbocycles. The maximum atomic E-state index is 2.40. The van der Waals surface area contributed by atoms with Crippen LogP contribution in [0.2, 0.25) is 0 Å². The van der Waals surface area contributed by atoms with E-state index in [4.69, 9.17) is 0 Å². The summed E-state index contributed by atoms with van der Waals surface area (Å²) >= 11 is 0. The average molecular weight is 750 g/mol. The van der Waals surface area contributed by atoms with Gasteiger partial charge < -0.3 is 4.90 Å². The van der Waals surface area contributed by atoms with Crippen molar-refractivity contribution in [3.05, 3.63) is 237 Å². The van der Waals surface area contributed by atoms with E-state index in [1.807, 2.05) is 0 Å². The van der Waals surface area contributed by atoms with Crippen LogP contribution in [0.4, 0.5) is 17.1 Å². The zero-order valence-electron chi connectivity index (χ0n) is 32.5. The highest BCUT2D eigenvalue weighted by Crippen LogP contribution is 2.49. The summed E-state index contributed by atoms with van der Waals surface area (Å²) in [4.78, 5) is 2.40. The highest BCUT2D eigenvalue weighted by atomic mass is 15.1. The van der Waals surface area contributed by atoms with E-state index >= 15 is 0 Å². The van der Waals surface area contributed by atoms with Crippen molar-refractivity contribution >= 4 is 27.8 Å². The highest BCUT2D eigenvalue weighted by molar-refractivity contribution is 6.04. The number of rotatable bonds is 6. The lowest BCUT2D eigenvalue weighted by atomic mass is 9.81. The van der Waals surface area contributed by atoms with Gasteiger partial charge in [-0.2, -0.15) is 0 Å². The summed E-state index contributed by atoms with van der Waals surface area (Å²) < 4.78 is 0. The SMILES string of the molecule is c1ccc(-c2ccc(-c3ccc(N(c4ccc(-c5cccc6ccccc56)cc4)c4ccc5c(c4)-c4ccccc4-c4ccccc4-c4ccccc4-5)cc3)cc2)cc1. The van der Waals surface area contributed by atoms with Gasteiger partial charge in [-0.3, -0.25) is 0 Å². The maximum Gasteiger partial charge on any atom is 0.0468 e. The molecular formula is C58H39N. The lowest BCUT2D eigenvalue weighted by Gasteiger charge is -2.28. The molecule has 0 aromatic heterocycles. The van der Waals surface area contributed by atoms with E-state index in [-0.39, 0.29) is 0 Å². The second-order valence-electron chi connectivity index (χ2n) is 15.3. The molecule has 1 heteroatoms. The van der Waals surface area contributed by atoms with E-state index in [2.05, 4.69) is 241 Å². The third kappa shape index (κ3) is 6.21. The molecule has 0 saturated carbocycles. The van der Waals surface area contributed by atoms with E-state index in [0.717, 1.165) is 17.1 Å². The quantitative estimate of drug-likeness (QED) is 0.164. The van der Waals surface area contributed by atoms with E-state index < -0.39 is 0 Å². The van der Waals surface area contributed by atoms with Gasteiger partial charge in [-0.15, -0.1) is 0 Å². The van der Waals surface area contributed by atoms with Crippen molar-refractivity contribution in [3.8, 4) is 77.9 Å². The topological polar surface area (TPSA) is 3.24 Å². The second-order valence-corrected chi connectivity index (χ2v) is 15.3. The van der Waals surface area contributed by atoms with Crippen LogP contribution in [-0.4, -0.2) is 0 Å². The molecule has 0 spiro atoms. The summed E-state index contributed by atoms with van der Waals surface area (Å²) in [7, 11) is 0. The van der Waals surface area contributed by atoms with Gasteiger partial charge in [0.25, 0.3) is 0 Å². The van der Waals surface area contributed by atoms with Crippen molar-refractivity contribution in [2.24, 2.45) is 0 Å². The van der Waals surface area contributed by atoms with Crippen LogP contribution in [0.1, 0.15) is 0 Å². The molecule has 11 rings (SSSR count). The average Bonchev–Trinajstić information content (AvgIpc) is 3.32. The number of benzene rings is 10. The lowest BCUT2D eigenvalue weighted by Crippen LogP contribution is -2.10. The number of fused-ring (bicyclic) bond motifs is 9. The van der Waals surface area contributed by atoms with E-state index in [1.54, 1.807) is 0 Å². The fraction of sp³-hybridized carbons (Fsp3) is 0. The standard InChI is InChI=1S/C58H39N/c1-2-13-40(14-3-1)41-25-27-42(28-26-41)43-29-33-46(34-30-43)59(47-35-31-45(32-36-47)50-24-12-16-44-15-4-5-17-49(44)50)48-37-38-57-55-22-9-8-20-53(55)51-18-6-7-19-52(51)54-21-10-11-23-56(54)58(57)39-48/h1-39H. The van der Waals surface area contributed by atoms with Gasteiger partial charge in [0.05, 0.1) is 0 Å². The largest absolute Gasteiger partial charge is 0.310 e. The van der Waals surface area contributed by atoms with Crippen molar-refractivity contribution < 1.29 is 0 Å². The van der Waals surface area contributed by atoms with Gasteiger partial charge in [0.1, 0.15) is 0 Å². The molecule has 10 aromatic rings. The van der Waals surface area contributed by atoms with Crippen molar-refractivity contribution in [1.82, 2.24) is 0 Å². The third-order valence-corrected chi connectivity index (χ3v) is 11.9. The van der Waals surface area contributed by atoms with Crippen molar-refractivity contribution in [3.63, 3.8) is 0 Å². The predicted octanol–water partition coefficient (Wildman–Crippen LogP) is 16.3. The van der Waals surface area contributed by atoms with Gasteiger partial charge in [-0.1, -0.05) is 200 Å². The monoisotopic (exact) mass is 749 g/mol. The van der Waals surface area contributed by atoms with Crippen molar-refractivity contribution in [2.75, 3.05) is 4.90 Å². The van der Waals surface area contributed by atoms with Gasteiger partial charge in [0.15, 0.2) is 0 Å². The molecule has 276 valence electrons. The van der Waals surface area contributed by atoms with Crippen LogP contribution in [0.3, 0.4) is 0 Å². The summed E-state index contributed by atoms with van der Waals surface area (Å²) in [6.07, 6.45) is 0. The molecule has 0 unspecified atom stereocenters. The molecule has 0 radical (unpaired) electrons. The van der Waals surface area contributed by atoms with Gasteiger partial charge in [0, 0.05) is 17.1 Å². The summed E-state index contributed by atoms with van der Waals surface area (Å²) in [5.41, 5.74) is 20.5. The van der Waals surface area contributed by atoms with Crippen LogP contribution in [0.5, 0.6) is 0 Å². The van der Waals surface area contributed by atoms with E-state index in [9.17, 15) is 0 Å². The van der Waals surface area contributed by atoms with Crippen LogP contribution >= 0.6 is 0 Å². The first-order valence-corrected chi connectivity index (χ1v) is 20.3. The van der Waals surface area contributed by atoms with Gasteiger partial charge >= 0.3 is 0 Å². The second kappa shape index (κ2) is 14.6. The minimum atomic E-state index is 1.09. The Kier molecular flexibility index (Phi) is 8.56. The molecule has 0 aliphatic heterocycles. The number of hydrogen-bond acceptors (Lipinski definition) is 1. The lowest BCUT2D eigenvalue weighted by molar-refractivity contribution is 1.28. The molecule has 1 aliphatic carbocycles. The molecule has 0 N–H and O–H groups in total. The first-order chi connectivity index (χ1) is 29.3. The molecule has 1 nitrogen and oxygen atoms in total. The maximum absolute atomic E-state index is 2.40. The fourth-order valence-corrected chi connectivity index (χ4v) is 8.99. The number of hydrogen-bond donors (Lipinski definition) is 0. The van der Waals surface area contributed by atoms with Crippen LogP contribution in [-0.2, 0) is 0 Å². The van der Waals surface area contributed by atoms with Crippen LogP contribution < -0.4 is 4.90 Å². The van der Waals surface area contributed by atoms with Crippen molar-refractivity contribution in [2.45, 2.75) is 0 Å². The smallest absolute Gasteiger partial charge is 0.0468 e. The Labute approximate surface area is 345 Å². The Morgan fingerprint density at radius 2 is 0.559 bits per heavy atom. The van der Waals surface area contributed by atoms with Crippen LogP contribution in [0.25, 0.3) is 88.7 Å². The summed E-state index contributed by atoms with van der Waals surface area (Å²) in [5, 5.41) is 2.50. The van der Waals surface area contributed by atoms with Gasteiger partial charge in [0.2, 0.25) is 0 Å². The molecule has 0 amide bonds. The van der Waals surface area contributed by atoms with Gasteiger partial charge in [-0.05, 0) is 125 Å². The number of nitrogens with zero attached hydrogens (tertiary/aromatic N) is 1. The first-order valence-electron chi connectivity index (χ1n) is 20.3. The minimum absolute atomic E-state index is 1.09. The van der Waals surface area contributed by atoms with E-state index in [0.29, 0.717) is 0 Å². The summed E-state index contributed by atoms with van der Waals surface area (Å²) in [5.74, 6) is 0. The molecule has 1 aliphatic rings. The Morgan fingerprint density at radius 3 is 1.10 bits per heavy atom. The molecule has 0 saturated heterocycles. The van der Waals surface area contributed by atoms with Crippen LogP contribution in [0.15, 0.2) is 237 Å². The molecule has 0 heterocycles. The summed E-state index contributed by atoms with van der Waals surface area (Å²) in [6, 6.07) is 86.3. The normalized spacial score (nSPS) is 11.4. The Hall–Kier alpha value is -7.74. The zero-order valence-corrected chi connectivity index (χ0v) is 32.5. The molecule has 0 bridgehead atoms. The fourth-order valence-electron chi connectivity index (χ4n) is 8.99. The van der Waals surface area contributed by atoms with Crippen molar-refractivity contribution in [1.29, 1.82) is 0 Å². The first kappa shape index (κ1) is 34.5. The highest BCUT2D eigenvalue weighted by Gasteiger charge is 2.23. The van der Waals surface area contributed by atoms with Crippen LogP contribution in [0, 0.1) is 0 Å². The Morgan fingerprint density at radius 1 is 0.203 bits per heavy atom. The minimum Gasteiger partial charge on any atom is -0.310 e. The molecule has 0 atom stereocenters. The Balaban J connectivity index is 1.05.